The normalized spacial score (nSPS) is 19.9. The number of piperazine rings is 1. The van der Waals surface area contributed by atoms with Crippen molar-refractivity contribution in [3.8, 4) is 6.07 Å². The van der Waals surface area contributed by atoms with Gasteiger partial charge < -0.3 is 5.32 Å². The second-order valence-corrected chi connectivity index (χ2v) is 6.79. The number of sulfonamides is 1. The van der Waals surface area contributed by atoms with E-state index in [1.54, 1.807) is 0 Å². The van der Waals surface area contributed by atoms with Crippen molar-refractivity contribution in [2.24, 2.45) is 0 Å². The van der Waals surface area contributed by atoms with Crippen molar-refractivity contribution >= 4 is 34.0 Å². The first-order chi connectivity index (χ1) is 8.95. The topological polar surface area (TPSA) is 73.2 Å². The molecule has 0 spiro atoms. The van der Waals surface area contributed by atoms with Crippen LogP contribution >= 0.6 is 24.0 Å². The lowest BCUT2D eigenvalue weighted by molar-refractivity contribution is 0.310. The fraction of sp³-hybridized carbons (Fsp3) is 0.417. The molecule has 1 aromatic carbocycles. The fourth-order valence-corrected chi connectivity index (χ4v) is 4.08. The molecular weight excluding hydrogens is 321 g/mol. The molecule has 1 saturated heterocycles. The van der Waals surface area contributed by atoms with Gasteiger partial charge in [0.1, 0.15) is 4.90 Å². The molecule has 110 valence electrons. The van der Waals surface area contributed by atoms with Gasteiger partial charge in [-0.25, -0.2) is 8.42 Å². The Hall–Kier alpha value is -0.840. The molecule has 1 fully saturated rings. The Morgan fingerprint density at radius 3 is 2.75 bits per heavy atom. The van der Waals surface area contributed by atoms with Crippen LogP contribution in [0, 0.1) is 11.3 Å². The number of rotatable bonds is 2. The highest BCUT2D eigenvalue weighted by Gasteiger charge is 2.30. The first kappa shape index (κ1) is 17.2. The highest BCUT2D eigenvalue weighted by atomic mass is 35.5. The summed E-state index contributed by atoms with van der Waals surface area (Å²) >= 11 is 5.98. The zero-order chi connectivity index (χ0) is 14.0. The average molecular weight is 336 g/mol. The molecule has 1 aliphatic rings. The third-order valence-electron chi connectivity index (χ3n) is 3.01. The Bertz CT molecular complexity index is 628. The standard InChI is InChI=1S/C12H14ClN3O2S.ClH/c1-9-8-16(5-4-15-9)19(17,18)12-3-2-10(7-14)6-11(12)13;/h2-3,6,9,15H,4-5,8H2,1H3;1H/t9-;/m1./s1. The van der Waals surface area contributed by atoms with Crippen LogP contribution in [0.25, 0.3) is 0 Å². The lowest BCUT2D eigenvalue weighted by atomic mass is 10.2. The number of nitriles is 1. The van der Waals surface area contributed by atoms with Gasteiger partial charge in [-0.3, -0.25) is 0 Å². The molecule has 0 aliphatic carbocycles. The summed E-state index contributed by atoms with van der Waals surface area (Å²) in [5.41, 5.74) is 0.345. The fourth-order valence-electron chi connectivity index (χ4n) is 2.03. The van der Waals surface area contributed by atoms with Crippen LogP contribution in [0.3, 0.4) is 0 Å². The van der Waals surface area contributed by atoms with E-state index in [9.17, 15) is 8.42 Å². The molecule has 1 aliphatic heterocycles. The lowest BCUT2D eigenvalue weighted by Crippen LogP contribution is -2.51. The number of nitrogens with one attached hydrogen (secondary N) is 1. The zero-order valence-corrected chi connectivity index (χ0v) is 13.2. The predicted octanol–water partition coefficient (Wildman–Crippen LogP) is 1.62. The predicted molar refractivity (Wildman–Crippen MR) is 79.6 cm³/mol. The molecular formula is C12H15Cl2N3O2S. The van der Waals surface area contributed by atoms with Crippen molar-refractivity contribution in [2.45, 2.75) is 17.9 Å². The maximum absolute atomic E-state index is 12.5. The van der Waals surface area contributed by atoms with Gasteiger partial charge in [0.15, 0.2) is 0 Å². The molecule has 20 heavy (non-hydrogen) atoms. The average Bonchev–Trinajstić information content (AvgIpc) is 2.38. The molecule has 2 rings (SSSR count). The van der Waals surface area contributed by atoms with Gasteiger partial charge in [-0.15, -0.1) is 12.4 Å². The van der Waals surface area contributed by atoms with Gasteiger partial charge in [-0.05, 0) is 25.1 Å². The summed E-state index contributed by atoms with van der Waals surface area (Å²) in [4.78, 5) is 0.0577. The van der Waals surface area contributed by atoms with Gasteiger partial charge >= 0.3 is 0 Å². The lowest BCUT2D eigenvalue weighted by Gasteiger charge is -2.31. The minimum absolute atomic E-state index is 0. The molecule has 0 aromatic heterocycles. The number of hydrogen-bond acceptors (Lipinski definition) is 4. The van der Waals surface area contributed by atoms with Gasteiger partial charge in [0.25, 0.3) is 0 Å². The van der Waals surface area contributed by atoms with Crippen LogP contribution in [0.5, 0.6) is 0 Å². The maximum atomic E-state index is 12.5. The molecule has 1 atom stereocenters. The van der Waals surface area contributed by atoms with Gasteiger partial charge in [0, 0.05) is 25.7 Å². The summed E-state index contributed by atoms with van der Waals surface area (Å²) < 4.78 is 26.4. The maximum Gasteiger partial charge on any atom is 0.244 e. The number of nitrogens with zero attached hydrogens (tertiary/aromatic N) is 2. The summed E-state index contributed by atoms with van der Waals surface area (Å²) in [7, 11) is -3.60. The van der Waals surface area contributed by atoms with Crippen LogP contribution in [0.15, 0.2) is 23.1 Å². The van der Waals surface area contributed by atoms with Crippen LogP contribution in [0.2, 0.25) is 5.02 Å². The Morgan fingerprint density at radius 2 is 2.20 bits per heavy atom. The summed E-state index contributed by atoms with van der Waals surface area (Å²) in [6.07, 6.45) is 0. The van der Waals surface area contributed by atoms with E-state index in [1.165, 1.54) is 22.5 Å². The van der Waals surface area contributed by atoms with E-state index in [2.05, 4.69) is 5.32 Å². The van der Waals surface area contributed by atoms with E-state index in [-0.39, 0.29) is 28.4 Å². The van der Waals surface area contributed by atoms with Crippen molar-refractivity contribution in [1.29, 1.82) is 5.26 Å². The minimum atomic E-state index is -3.60. The van der Waals surface area contributed by atoms with Crippen LogP contribution in [0.4, 0.5) is 0 Å². The molecule has 0 amide bonds. The Balaban J connectivity index is 0.00000200. The van der Waals surface area contributed by atoms with Crippen LogP contribution in [0.1, 0.15) is 12.5 Å². The molecule has 1 N–H and O–H groups in total. The van der Waals surface area contributed by atoms with Gasteiger partial charge in [0.05, 0.1) is 16.7 Å². The number of benzene rings is 1. The van der Waals surface area contributed by atoms with Gasteiger partial charge in [-0.2, -0.15) is 9.57 Å². The Morgan fingerprint density at radius 1 is 1.50 bits per heavy atom. The zero-order valence-electron chi connectivity index (χ0n) is 10.8. The van der Waals surface area contributed by atoms with Crippen LogP contribution in [-0.4, -0.2) is 38.4 Å². The molecule has 1 aromatic rings. The van der Waals surface area contributed by atoms with E-state index in [0.717, 1.165) is 0 Å². The van der Waals surface area contributed by atoms with Crippen molar-refractivity contribution in [3.05, 3.63) is 28.8 Å². The first-order valence-electron chi connectivity index (χ1n) is 5.88. The summed E-state index contributed by atoms with van der Waals surface area (Å²) in [6, 6.07) is 6.27. The number of halogens is 2. The minimum Gasteiger partial charge on any atom is -0.312 e. The van der Waals surface area contributed by atoms with Crippen molar-refractivity contribution in [3.63, 3.8) is 0 Å². The van der Waals surface area contributed by atoms with Gasteiger partial charge in [0.2, 0.25) is 10.0 Å². The molecule has 5 nitrogen and oxygen atoms in total. The van der Waals surface area contributed by atoms with E-state index >= 15 is 0 Å². The van der Waals surface area contributed by atoms with Crippen molar-refractivity contribution in [2.75, 3.05) is 19.6 Å². The smallest absolute Gasteiger partial charge is 0.244 e. The second kappa shape index (κ2) is 6.74. The summed E-state index contributed by atoms with van der Waals surface area (Å²) in [6.45, 7) is 3.39. The largest absolute Gasteiger partial charge is 0.312 e. The second-order valence-electron chi connectivity index (χ2n) is 4.48. The molecule has 8 heteroatoms. The van der Waals surface area contributed by atoms with Crippen LogP contribution < -0.4 is 5.32 Å². The quantitative estimate of drug-likeness (QED) is 0.891. The van der Waals surface area contributed by atoms with E-state index in [4.69, 9.17) is 16.9 Å². The molecule has 0 radical (unpaired) electrons. The third kappa shape index (κ3) is 3.43. The molecule has 0 saturated carbocycles. The molecule has 1 heterocycles. The van der Waals surface area contributed by atoms with E-state index in [0.29, 0.717) is 25.2 Å². The third-order valence-corrected chi connectivity index (χ3v) is 5.36. The SMILES string of the molecule is C[C@@H]1CN(S(=O)(=O)c2ccc(C#N)cc2Cl)CCN1.Cl. The van der Waals surface area contributed by atoms with Crippen LogP contribution in [-0.2, 0) is 10.0 Å². The monoisotopic (exact) mass is 335 g/mol. The van der Waals surface area contributed by atoms with Crippen molar-refractivity contribution < 1.29 is 8.42 Å². The Kier molecular flexibility index (Phi) is 5.80. The van der Waals surface area contributed by atoms with E-state index < -0.39 is 10.0 Å². The van der Waals surface area contributed by atoms with Crippen molar-refractivity contribution in [1.82, 2.24) is 9.62 Å². The first-order valence-corrected chi connectivity index (χ1v) is 7.70. The summed E-state index contributed by atoms with van der Waals surface area (Å²) in [5, 5.41) is 12.0. The van der Waals surface area contributed by atoms with Gasteiger partial charge in [-0.1, -0.05) is 11.6 Å². The molecule has 0 unspecified atom stereocenters. The highest BCUT2D eigenvalue weighted by Crippen LogP contribution is 2.26. The Labute approximate surface area is 130 Å². The molecule has 0 bridgehead atoms. The highest BCUT2D eigenvalue weighted by molar-refractivity contribution is 7.89. The number of hydrogen-bond donors (Lipinski definition) is 1. The summed E-state index contributed by atoms with van der Waals surface area (Å²) in [5.74, 6) is 0. The van der Waals surface area contributed by atoms with E-state index in [1.807, 2.05) is 13.0 Å².